The zero-order chi connectivity index (χ0) is 15.1. The zero-order valence-corrected chi connectivity index (χ0v) is 13.4. The van der Waals surface area contributed by atoms with E-state index in [4.69, 9.17) is 0 Å². The van der Waals surface area contributed by atoms with E-state index in [9.17, 15) is 4.79 Å². The SMILES string of the molecule is CCCC1CCCN(C(=O)c2ccc(NCC)cc2)CC1. The molecule has 2 rings (SSSR count). The first-order chi connectivity index (χ1) is 10.2. The van der Waals surface area contributed by atoms with Crippen LogP contribution in [0.15, 0.2) is 24.3 Å². The molecule has 3 nitrogen and oxygen atoms in total. The van der Waals surface area contributed by atoms with Crippen molar-refractivity contribution in [1.29, 1.82) is 0 Å². The van der Waals surface area contributed by atoms with Gasteiger partial charge in [-0.15, -0.1) is 0 Å². The molecule has 116 valence electrons. The largest absolute Gasteiger partial charge is 0.385 e. The van der Waals surface area contributed by atoms with Gasteiger partial charge in [0.05, 0.1) is 0 Å². The van der Waals surface area contributed by atoms with Crippen molar-refractivity contribution in [3.8, 4) is 0 Å². The molecule has 1 atom stereocenters. The van der Waals surface area contributed by atoms with Gasteiger partial charge in [-0.2, -0.15) is 0 Å². The van der Waals surface area contributed by atoms with Gasteiger partial charge in [-0.05, 0) is 56.4 Å². The number of nitrogens with one attached hydrogen (secondary N) is 1. The standard InChI is InChI=1S/C18H28N2O/c1-3-6-15-7-5-13-20(14-12-15)18(21)16-8-10-17(11-9-16)19-4-2/h8-11,15,19H,3-7,12-14H2,1-2H3. The fourth-order valence-electron chi connectivity index (χ4n) is 3.18. The maximum atomic E-state index is 12.6. The van der Waals surface area contributed by atoms with Gasteiger partial charge in [-0.25, -0.2) is 0 Å². The zero-order valence-electron chi connectivity index (χ0n) is 13.4. The lowest BCUT2D eigenvalue weighted by Gasteiger charge is -2.21. The highest BCUT2D eigenvalue weighted by Crippen LogP contribution is 2.23. The molecule has 1 aromatic carbocycles. The van der Waals surface area contributed by atoms with Crippen LogP contribution in [0.2, 0.25) is 0 Å². The molecule has 1 amide bonds. The molecule has 0 bridgehead atoms. The van der Waals surface area contributed by atoms with Gasteiger partial charge in [0.2, 0.25) is 0 Å². The van der Waals surface area contributed by atoms with Crippen molar-refractivity contribution in [1.82, 2.24) is 4.90 Å². The summed E-state index contributed by atoms with van der Waals surface area (Å²) in [6.07, 6.45) is 6.14. The van der Waals surface area contributed by atoms with E-state index in [-0.39, 0.29) is 5.91 Å². The van der Waals surface area contributed by atoms with Crippen molar-refractivity contribution < 1.29 is 4.79 Å². The van der Waals surface area contributed by atoms with Crippen LogP contribution in [0.5, 0.6) is 0 Å². The Hall–Kier alpha value is -1.51. The van der Waals surface area contributed by atoms with Crippen LogP contribution in [0.4, 0.5) is 5.69 Å². The number of hydrogen-bond acceptors (Lipinski definition) is 2. The molecule has 0 radical (unpaired) electrons. The van der Waals surface area contributed by atoms with Crippen molar-refractivity contribution in [3.63, 3.8) is 0 Å². The molecule has 1 saturated heterocycles. The lowest BCUT2D eigenvalue weighted by atomic mass is 9.96. The summed E-state index contributed by atoms with van der Waals surface area (Å²) in [6, 6.07) is 7.87. The third-order valence-electron chi connectivity index (χ3n) is 4.34. The van der Waals surface area contributed by atoms with E-state index < -0.39 is 0 Å². The highest BCUT2D eigenvalue weighted by atomic mass is 16.2. The minimum absolute atomic E-state index is 0.190. The molecular formula is C18H28N2O. The molecule has 0 spiro atoms. The second kappa shape index (κ2) is 8.06. The number of anilines is 1. The Bertz CT molecular complexity index is 441. The van der Waals surface area contributed by atoms with Crippen LogP contribution in [0.1, 0.15) is 56.3 Å². The van der Waals surface area contributed by atoms with E-state index in [1.165, 1.54) is 19.3 Å². The molecule has 1 unspecified atom stereocenters. The lowest BCUT2D eigenvalue weighted by molar-refractivity contribution is 0.0760. The maximum Gasteiger partial charge on any atom is 0.253 e. The number of carbonyl (C=O) groups excluding carboxylic acids is 1. The Kier molecular flexibility index (Phi) is 6.09. The van der Waals surface area contributed by atoms with Crippen LogP contribution in [0, 0.1) is 5.92 Å². The van der Waals surface area contributed by atoms with Crippen LogP contribution in [0.3, 0.4) is 0 Å². The van der Waals surface area contributed by atoms with Gasteiger partial charge in [0.15, 0.2) is 0 Å². The summed E-state index contributed by atoms with van der Waals surface area (Å²) in [7, 11) is 0. The minimum atomic E-state index is 0.190. The Labute approximate surface area is 128 Å². The van der Waals surface area contributed by atoms with Gasteiger partial charge in [0.25, 0.3) is 5.91 Å². The fourth-order valence-corrected chi connectivity index (χ4v) is 3.18. The van der Waals surface area contributed by atoms with E-state index in [0.29, 0.717) is 0 Å². The van der Waals surface area contributed by atoms with Crippen molar-refractivity contribution in [2.45, 2.75) is 46.0 Å². The highest BCUT2D eigenvalue weighted by molar-refractivity contribution is 5.94. The van der Waals surface area contributed by atoms with Crippen molar-refractivity contribution >= 4 is 11.6 Å². The normalized spacial score (nSPS) is 19.1. The van der Waals surface area contributed by atoms with Crippen LogP contribution in [-0.2, 0) is 0 Å². The average molecular weight is 288 g/mol. The molecule has 1 aliphatic heterocycles. The highest BCUT2D eigenvalue weighted by Gasteiger charge is 2.21. The Morgan fingerprint density at radius 2 is 1.95 bits per heavy atom. The molecule has 1 aliphatic rings. The molecule has 1 aromatic rings. The van der Waals surface area contributed by atoms with Gasteiger partial charge in [0, 0.05) is 30.9 Å². The molecule has 1 N–H and O–H groups in total. The molecule has 0 saturated carbocycles. The van der Waals surface area contributed by atoms with Crippen LogP contribution >= 0.6 is 0 Å². The van der Waals surface area contributed by atoms with E-state index in [1.54, 1.807) is 0 Å². The van der Waals surface area contributed by atoms with E-state index in [1.807, 2.05) is 29.2 Å². The van der Waals surface area contributed by atoms with Crippen molar-refractivity contribution in [2.75, 3.05) is 25.0 Å². The number of carbonyl (C=O) groups is 1. The number of hydrogen-bond donors (Lipinski definition) is 1. The van der Waals surface area contributed by atoms with E-state index in [2.05, 4.69) is 19.2 Å². The first kappa shape index (κ1) is 15.9. The summed E-state index contributed by atoms with van der Waals surface area (Å²) in [5, 5.41) is 3.26. The molecule has 3 heteroatoms. The van der Waals surface area contributed by atoms with Crippen molar-refractivity contribution in [2.24, 2.45) is 5.92 Å². The summed E-state index contributed by atoms with van der Waals surface area (Å²) >= 11 is 0. The summed E-state index contributed by atoms with van der Waals surface area (Å²) in [5.41, 5.74) is 1.89. The fraction of sp³-hybridized carbons (Fsp3) is 0.611. The Morgan fingerprint density at radius 1 is 1.19 bits per heavy atom. The summed E-state index contributed by atoms with van der Waals surface area (Å²) in [5.74, 6) is 0.999. The predicted molar refractivity (Wildman–Crippen MR) is 88.8 cm³/mol. The summed E-state index contributed by atoms with van der Waals surface area (Å²) < 4.78 is 0. The van der Waals surface area contributed by atoms with Gasteiger partial charge in [0.1, 0.15) is 0 Å². The number of nitrogens with zero attached hydrogens (tertiary/aromatic N) is 1. The maximum absolute atomic E-state index is 12.6. The Balaban J connectivity index is 1.95. The topological polar surface area (TPSA) is 32.3 Å². The molecule has 0 aliphatic carbocycles. The second-order valence-electron chi connectivity index (χ2n) is 5.99. The van der Waals surface area contributed by atoms with Gasteiger partial charge in [-0.1, -0.05) is 19.8 Å². The van der Waals surface area contributed by atoms with Crippen LogP contribution < -0.4 is 5.32 Å². The van der Waals surface area contributed by atoms with Crippen molar-refractivity contribution in [3.05, 3.63) is 29.8 Å². The molecule has 21 heavy (non-hydrogen) atoms. The molecule has 0 aromatic heterocycles. The van der Waals surface area contributed by atoms with E-state index >= 15 is 0 Å². The summed E-state index contributed by atoms with van der Waals surface area (Å²) in [6.45, 7) is 7.05. The summed E-state index contributed by atoms with van der Waals surface area (Å²) in [4.78, 5) is 14.6. The average Bonchev–Trinajstić information content (AvgIpc) is 2.74. The predicted octanol–water partition coefficient (Wildman–Crippen LogP) is 4.16. The third-order valence-corrected chi connectivity index (χ3v) is 4.34. The quantitative estimate of drug-likeness (QED) is 0.882. The molecular weight excluding hydrogens is 260 g/mol. The number of amides is 1. The Morgan fingerprint density at radius 3 is 2.62 bits per heavy atom. The lowest BCUT2D eigenvalue weighted by Crippen LogP contribution is -2.32. The second-order valence-corrected chi connectivity index (χ2v) is 5.99. The smallest absolute Gasteiger partial charge is 0.253 e. The monoisotopic (exact) mass is 288 g/mol. The molecule has 1 fully saturated rings. The number of benzene rings is 1. The van der Waals surface area contributed by atoms with Crippen LogP contribution in [0.25, 0.3) is 0 Å². The number of likely N-dealkylation sites (tertiary alicyclic amines) is 1. The van der Waals surface area contributed by atoms with Gasteiger partial charge < -0.3 is 10.2 Å². The first-order valence-electron chi connectivity index (χ1n) is 8.37. The van der Waals surface area contributed by atoms with E-state index in [0.717, 1.165) is 49.6 Å². The first-order valence-corrected chi connectivity index (χ1v) is 8.37. The van der Waals surface area contributed by atoms with Gasteiger partial charge in [-0.3, -0.25) is 4.79 Å². The molecule has 1 heterocycles. The van der Waals surface area contributed by atoms with Crippen LogP contribution in [-0.4, -0.2) is 30.4 Å². The van der Waals surface area contributed by atoms with Gasteiger partial charge >= 0.3 is 0 Å². The minimum Gasteiger partial charge on any atom is -0.385 e. The third kappa shape index (κ3) is 4.48. The number of rotatable bonds is 5.